The summed E-state index contributed by atoms with van der Waals surface area (Å²) in [6.45, 7) is 5.04. The van der Waals surface area contributed by atoms with Crippen LogP contribution in [0.2, 0.25) is 0 Å². The van der Waals surface area contributed by atoms with E-state index in [9.17, 15) is 4.79 Å². The third-order valence-corrected chi connectivity index (χ3v) is 2.60. The minimum absolute atomic E-state index is 0.0112. The van der Waals surface area contributed by atoms with Crippen LogP contribution in [0.25, 0.3) is 0 Å². The van der Waals surface area contributed by atoms with E-state index in [1.54, 1.807) is 6.07 Å². The van der Waals surface area contributed by atoms with Gasteiger partial charge in [0.15, 0.2) is 5.82 Å². The Morgan fingerprint density at radius 3 is 2.80 bits per heavy atom. The molecule has 0 radical (unpaired) electrons. The van der Waals surface area contributed by atoms with Crippen molar-refractivity contribution in [2.75, 3.05) is 13.1 Å². The SMILES string of the molecule is C=Nc1cc(C(=O)N2CCCCC2)[nH]n1. The number of H-pyrrole nitrogens is 1. The molecule has 1 N–H and O–H groups in total. The topological polar surface area (TPSA) is 61.4 Å². The first kappa shape index (κ1) is 9.89. The van der Waals surface area contributed by atoms with Crippen molar-refractivity contribution in [2.45, 2.75) is 19.3 Å². The van der Waals surface area contributed by atoms with Gasteiger partial charge in [-0.15, -0.1) is 0 Å². The highest BCUT2D eigenvalue weighted by molar-refractivity contribution is 5.93. The van der Waals surface area contributed by atoms with Gasteiger partial charge in [-0.05, 0) is 26.0 Å². The number of aliphatic imine (C=N–C) groups is 1. The second-order valence-corrected chi connectivity index (χ2v) is 3.65. The number of amides is 1. The van der Waals surface area contributed by atoms with Crippen LogP contribution in [0.15, 0.2) is 11.1 Å². The van der Waals surface area contributed by atoms with Crippen molar-refractivity contribution in [2.24, 2.45) is 4.99 Å². The largest absolute Gasteiger partial charge is 0.337 e. The molecule has 0 atom stereocenters. The molecule has 1 aromatic rings. The quantitative estimate of drug-likeness (QED) is 0.743. The van der Waals surface area contributed by atoms with Crippen LogP contribution in [0.4, 0.5) is 5.82 Å². The molecule has 0 aromatic carbocycles. The monoisotopic (exact) mass is 206 g/mol. The van der Waals surface area contributed by atoms with E-state index in [0.29, 0.717) is 11.5 Å². The molecule has 2 rings (SSSR count). The predicted octanol–water partition coefficient (Wildman–Crippen LogP) is 1.37. The van der Waals surface area contributed by atoms with Gasteiger partial charge in [0.25, 0.3) is 5.91 Å². The fourth-order valence-corrected chi connectivity index (χ4v) is 1.77. The highest BCUT2D eigenvalue weighted by Gasteiger charge is 2.19. The Morgan fingerprint density at radius 1 is 1.47 bits per heavy atom. The van der Waals surface area contributed by atoms with E-state index in [1.807, 2.05) is 4.90 Å². The maximum atomic E-state index is 11.9. The van der Waals surface area contributed by atoms with Gasteiger partial charge in [0.1, 0.15) is 5.69 Å². The lowest BCUT2D eigenvalue weighted by molar-refractivity contribution is 0.0718. The maximum absolute atomic E-state index is 11.9. The molecule has 0 saturated carbocycles. The van der Waals surface area contributed by atoms with E-state index in [1.165, 1.54) is 6.42 Å². The third kappa shape index (κ3) is 2.06. The van der Waals surface area contributed by atoms with Crippen LogP contribution in [-0.4, -0.2) is 40.8 Å². The maximum Gasteiger partial charge on any atom is 0.271 e. The van der Waals surface area contributed by atoms with Crippen LogP contribution in [0.5, 0.6) is 0 Å². The summed E-state index contributed by atoms with van der Waals surface area (Å²) in [5.41, 5.74) is 0.499. The van der Waals surface area contributed by atoms with E-state index in [0.717, 1.165) is 25.9 Å². The molecule has 1 aliphatic rings. The number of piperidine rings is 1. The van der Waals surface area contributed by atoms with Gasteiger partial charge in [-0.1, -0.05) is 0 Å². The highest BCUT2D eigenvalue weighted by atomic mass is 16.2. The normalized spacial score (nSPS) is 16.4. The van der Waals surface area contributed by atoms with Gasteiger partial charge in [-0.3, -0.25) is 9.89 Å². The van der Waals surface area contributed by atoms with E-state index >= 15 is 0 Å². The summed E-state index contributed by atoms with van der Waals surface area (Å²) < 4.78 is 0. The minimum atomic E-state index is 0.0112. The summed E-state index contributed by atoms with van der Waals surface area (Å²) in [6, 6.07) is 1.63. The number of carbonyl (C=O) groups excluding carboxylic acids is 1. The van der Waals surface area contributed by atoms with Crippen molar-refractivity contribution in [1.82, 2.24) is 15.1 Å². The molecular formula is C10H14N4O. The van der Waals surface area contributed by atoms with E-state index in [2.05, 4.69) is 21.9 Å². The van der Waals surface area contributed by atoms with Crippen LogP contribution >= 0.6 is 0 Å². The zero-order valence-corrected chi connectivity index (χ0v) is 8.57. The van der Waals surface area contributed by atoms with Gasteiger partial charge in [0, 0.05) is 19.2 Å². The first-order valence-corrected chi connectivity index (χ1v) is 5.12. The standard InChI is InChI=1S/C10H14N4O/c1-11-9-7-8(12-13-9)10(15)14-5-3-2-4-6-14/h7H,1-6H2,(H,12,13). The average molecular weight is 206 g/mol. The van der Waals surface area contributed by atoms with Crippen molar-refractivity contribution in [3.8, 4) is 0 Å². The first-order chi connectivity index (χ1) is 7.31. The summed E-state index contributed by atoms with van der Waals surface area (Å²) in [4.78, 5) is 17.4. The zero-order valence-electron chi connectivity index (χ0n) is 8.57. The van der Waals surface area contributed by atoms with Crippen molar-refractivity contribution in [1.29, 1.82) is 0 Å². The molecule has 0 bridgehead atoms. The van der Waals surface area contributed by atoms with E-state index < -0.39 is 0 Å². The van der Waals surface area contributed by atoms with Crippen LogP contribution in [0.1, 0.15) is 29.8 Å². The molecular weight excluding hydrogens is 192 g/mol. The first-order valence-electron chi connectivity index (χ1n) is 5.12. The van der Waals surface area contributed by atoms with Gasteiger partial charge in [-0.2, -0.15) is 5.10 Å². The fraction of sp³-hybridized carbons (Fsp3) is 0.500. The van der Waals surface area contributed by atoms with E-state index in [-0.39, 0.29) is 5.91 Å². The molecule has 1 fully saturated rings. The fourth-order valence-electron chi connectivity index (χ4n) is 1.77. The summed E-state index contributed by atoms with van der Waals surface area (Å²) in [5.74, 6) is 0.479. The summed E-state index contributed by atoms with van der Waals surface area (Å²) in [6.07, 6.45) is 3.39. The molecule has 1 aromatic heterocycles. The van der Waals surface area contributed by atoms with Crippen molar-refractivity contribution < 1.29 is 4.79 Å². The summed E-state index contributed by atoms with van der Waals surface area (Å²) in [5, 5.41) is 6.53. The van der Waals surface area contributed by atoms with Gasteiger partial charge >= 0.3 is 0 Å². The minimum Gasteiger partial charge on any atom is -0.337 e. The molecule has 0 aliphatic carbocycles. The third-order valence-electron chi connectivity index (χ3n) is 2.60. The molecule has 0 spiro atoms. The van der Waals surface area contributed by atoms with Gasteiger partial charge in [0.05, 0.1) is 0 Å². The van der Waals surface area contributed by atoms with Crippen molar-refractivity contribution in [3.05, 3.63) is 11.8 Å². The van der Waals surface area contributed by atoms with Crippen LogP contribution < -0.4 is 0 Å². The molecule has 15 heavy (non-hydrogen) atoms. The molecule has 5 nitrogen and oxygen atoms in total. The Morgan fingerprint density at radius 2 is 2.20 bits per heavy atom. The smallest absolute Gasteiger partial charge is 0.271 e. The Bertz CT molecular complexity index is 365. The number of nitrogens with one attached hydrogen (secondary N) is 1. The Kier molecular flexibility index (Phi) is 2.80. The van der Waals surface area contributed by atoms with E-state index in [4.69, 9.17) is 0 Å². The molecule has 2 heterocycles. The summed E-state index contributed by atoms with van der Waals surface area (Å²) in [7, 11) is 0. The average Bonchev–Trinajstić information content (AvgIpc) is 2.78. The number of hydrogen-bond acceptors (Lipinski definition) is 3. The highest BCUT2D eigenvalue weighted by Crippen LogP contribution is 2.14. The number of likely N-dealkylation sites (tertiary alicyclic amines) is 1. The lowest BCUT2D eigenvalue weighted by Crippen LogP contribution is -2.35. The van der Waals surface area contributed by atoms with Crippen molar-refractivity contribution in [3.63, 3.8) is 0 Å². The van der Waals surface area contributed by atoms with Crippen LogP contribution in [-0.2, 0) is 0 Å². The number of hydrogen-bond donors (Lipinski definition) is 1. The zero-order chi connectivity index (χ0) is 10.7. The Hall–Kier alpha value is -1.65. The van der Waals surface area contributed by atoms with Gasteiger partial charge in [0.2, 0.25) is 0 Å². The van der Waals surface area contributed by atoms with Crippen LogP contribution in [0, 0.1) is 0 Å². The molecule has 1 aliphatic heterocycles. The second kappa shape index (κ2) is 4.25. The Balaban J connectivity index is 2.08. The van der Waals surface area contributed by atoms with Gasteiger partial charge in [-0.25, -0.2) is 4.99 Å². The van der Waals surface area contributed by atoms with Crippen LogP contribution in [0.3, 0.4) is 0 Å². The Labute approximate surface area is 88.2 Å². The second-order valence-electron chi connectivity index (χ2n) is 3.65. The van der Waals surface area contributed by atoms with Crippen molar-refractivity contribution >= 4 is 18.4 Å². The lowest BCUT2D eigenvalue weighted by atomic mass is 10.1. The molecule has 80 valence electrons. The lowest BCUT2D eigenvalue weighted by Gasteiger charge is -2.25. The number of nitrogens with zero attached hydrogens (tertiary/aromatic N) is 3. The summed E-state index contributed by atoms with van der Waals surface area (Å²) >= 11 is 0. The molecule has 1 amide bonds. The number of rotatable bonds is 2. The molecule has 5 heteroatoms. The number of carbonyl (C=O) groups is 1. The predicted molar refractivity (Wildman–Crippen MR) is 57.6 cm³/mol. The number of aromatic amines is 1. The van der Waals surface area contributed by atoms with Gasteiger partial charge < -0.3 is 4.90 Å². The molecule has 1 saturated heterocycles. The molecule has 0 unspecified atom stereocenters. The number of aromatic nitrogens is 2.